The normalized spacial score (nSPS) is 13.6. The van der Waals surface area contributed by atoms with Crippen molar-refractivity contribution in [2.45, 2.75) is 20.3 Å². The van der Waals surface area contributed by atoms with Crippen LogP contribution in [0.25, 0.3) is 0 Å². The van der Waals surface area contributed by atoms with E-state index in [9.17, 15) is 14.4 Å². The Morgan fingerprint density at radius 3 is 2.20 bits per heavy atom. The number of hydrogen-bond donors (Lipinski definition) is 2. The molecule has 6 heteroatoms. The van der Waals surface area contributed by atoms with E-state index in [1.54, 1.807) is 6.92 Å². The predicted octanol–water partition coefficient (Wildman–Crippen LogP) is 0.680. The lowest BCUT2D eigenvalue weighted by Gasteiger charge is -1.89. The van der Waals surface area contributed by atoms with Crippen LogP contribution in [0.4, 0.5) is 4.79 Å². The number of imide groups is 1. The van der Waals surface area contributed by atoms with Crippen molar-refractivity contribution < 1.29 is 24.2 Å². The van der Waals surface area contributed by atoms with Crippen LogP contribution in [-0.2, 0) is 14.3 Å². The lowest BCUT2D eigenvalue weighted by Crippen LogP contribution is -2.21. The Morgan fingerprint density at radius 2 is 2.07 bits per heavy atom. The largest absolute Gasteiger partial charge is 0.505 e. The molecule has 0 saturated carbocycles. The summed E-state index contributed by atoms with van der Waals surface area (Å²) in [6.07, 6.45) is 0.748. The number of ether oxygens (including phenoxy) is 1. The maximum atomic E-state index is 10.6. The molecule has 0 unspecified atom stereocenters. The quantitative estimate of drug-likeness (QED) is 0.522. The molecule has 0 aromatic carbocycles. The van der Waals surface area contributed by atoms with E-state index in [1.807, 2.05) is 6.92 Å². The summed E-state index contributed by atoms with van der Waals surface area (Å²) < 4.78 is 3.96. The number of hydrogen-bond acceptors (Lipinski definition) is 4. The van der Waals surface area contributed by atoms with Crippen LogP contribution >= 0.6 is 0 Å². The molecule has 0 aromatic rings. The highest BCUT2D eigenvalue weighted by Crippen LogP contribution is 2.04. The van der Waals surface area contributed by atoms with Crippen molar-refractivity contribution in [2.75, 3.05) is 6.61 Å². The fraction of sp³-hybridized carbons (Fsp3) is 0.444. The first-order valence-electron chi connectivity index (χ1n) is 4.42. The van der Waals surface area contributed by atoms with Gasteiger partial charge in [0.05, 0.1) is 6.61 Å². The minimum Gasteiger partial charge on any atom is -0.450 e. The maximum Gasteiger partial charge on any atom is 0.505 e. The van der Waals surface area contributed by atoms with Gasteiger partial charge in [0.1, 0.15) is 0 Å². The van der Waals surface area contributed by atoms with Crippen LogP contribution in [0.2, 0.25) is 0 Å². The standard InChI is InChI=1S/C6H7NO2.C3H6O3/c1-2-4-3-5(8)7-6(4)9;1-2-6-3(4)5/h3H,2H2,1H3,(H,7,8,9);2H2,1H3,(H,4,5). The Hall–Kier alpha value is -1.85. The Kier molecular flexibility index (Phi) is 5.77. The molecule has 0 aliphatic carbocycles. The van der Waals surface area contributed by atoms with Crippen molar-refractivity contribution in [2.24, 2.45) is 0 Å². The second-order valence-electron chi connectivity index (χ2n) is 2.54. The van der Waals surface area contributed by atoms with Gasteiger partial charge in [-0.1, -0.05) is 6.92 Å². The monoisotopic (exact) mass is 215 g/mol. The number of carbonyl (C=O) groups is 3. The number of amides is 2. The van der Waals surface area contributed by atoms with Crippen molar-refractivity contribution in [3.05, 3.63) is 11.6 Å². The first-order valence-corrected chi connectivity index (χ1v) is 4.42. The Balaban J connectivity index is 0.000000288. The van der Waals surface area contributed by atoms with Gasteiger partial charge in [-0.2, -0.15) is 0 Å². The van der Waals surface area contributed by atoms with E-state index in [2.05, 4.69) is 10.1 Å². The van der Waals surface area contributed by atoms with Gasteiger partial charge in [-0.05, 0) is 13.3 Å². The lowest BCUT2D eigenvalue weighted by atomic mass is 10.2. The molecule has 15 heavy (non-hydrogen) atoms. The Bertz CT molecular complexity index is 295. The summed E-state index contributed by atoms with van der Waals surface area (Å²) in [6.45, 7) is 3.69. The molecule has 0 aromatic heterocycles. The predicted molar refractivity (Wildman–Crippen MR) is 51.2 cm³/mol. The number of carboxylic acid groups (broad SMARTS) is 1. The van der Waals surface area contributed by atoms with Crippen LogP contribution < -0.4 is 5.32 Å². The summed E-state index contributed by atoms with van der Waals surface area (Å²) in [6, 6.07) is 0. The molecular formula is C9H13NO5. The average molecular weight is 215 g/mol. The lowest BCUT2D eigenvalue weighted by molar-refractivity contribution is -0.123. The van der Waals surface area contributed by atoms with Crippen LogP contribution in [-0.4, -0.2) is 29.7 Å². The highest BCUT2D eigenvalue weighted by atomic mass is 16.7. The van der Waals surface area contributed by atoms with Gasteiger partial charge in [-0.25, -0.2) is 4.79 Å². The minimum atomic E-state index is -1.21. The average Bonchev–Trinajstić information content (AvgIpc) is 2.45. The van der Waals surface area contributed by atoms with E-state index in [0.717, 1.165) is 0 Å². The van der Waals surface area contributed by atoms with Gasteiger partial charge < -0.3 is 9.84 Å². The van der Waals surface area contributed by atoms with Crippen molar-refractivity contribution >= 4 is 18.0 Å². The van der Waals surface area contributed by atoms with Crippen LogP contribution in [0.15, 0.2) is 11.6 Å². The van der Waals surface area contributed by atoms with E-state index in [-0.39, 0.29) is 18.4 Å². The van der Waals surface area contributed by atoms with Crippen LogP contribution in [0.5, 0.6) is 0 Å². The van der Waals surface area contributed by atoms with Gasteiger partial charge in [0, 0.05) is 11.6 Å². The molecule has 0 bridgehead atoms. The van der Waals surface area contributed by atoms with Crippen LogP contribution in [0, 0.1) is 0 Å². The van der Waals surface area contributed by atoms with Crippen LogP contribution in [0.1, 0.15) is 20.3 Å². The molecule has 0 spiro atoms. The van der Waals surface area contributed by atoms with Crippen molar-refractivity contribution in [3.63, 3.8) is 0 Å². The molecule has 0 radical (unpaired) electrons. The van der Waals surface area contributed by atoms with Gasteiger partial charge in [0.25, 0.3) is 11.8 Å². The van der Waals surface area contributed by atoms with E-state index in [0.29, 0.717) is 12.0 Å². The van der Waals surface area contributed by atoms with Gasteiger partial charge in [-0.15, -0.1) is 0 Å². The molecule has 84 valence electrons. The summed E-state index contributed by atoms with van der Waals surface area (Å²) in [4.78, 5) is 30.4. The molecule has 1 aliphatic heterocycles. The van der Waals surface area contributed by atoms with Crippen LogP contribution in [0.3, 0.4) is 0 Å². The molecule has 2 N–H and O–H groups in total. The van der Waals surface area contributed by atoms with E-state index >= 15 is 0 Å². The number of rotatable bonds is 2. The second-order valence-corrected chi connectivity index (χ2v) is 2.54. The fourth-order valence-corrected chi connectivity index (χ4v) is 0.838. The molecule has 2 amide bonds. The molecule has 6 nitrogen and oxygen atoms in total. The Labute approximate surface area is 86.9 Å². The maximum absolute atomic E-state index is 10.6. The van der Waals surface area contributed by atoms with Gasteiger partial charge in [0.15, 0.2) is 0 Å². The number of carbonyl (C=O) groups excluding carboxylic acids is 2. The molecule has 1 rings (SSSR count). The smallest absolute Gasteiger partial charge is 0.450 e. The number of nitrogens with one attached hydrogen (secondary N) is 1. The molecule has 0 saturated heterocycles. The van der Waals surface area contributed by atoms with Crippen molar-refractivity contribution in [1.82, 2.24) is 5.32 Å². The van der Waals surface area contributed by atoms with E-state index in [1.165, 1.54) is 6.08 Å². The third-order valence-electron chi connectivity index (χ3n) is 1.48. The zero-order valence-electron chi connectivity index (χ0n) is 8.57. The topological polar surface area (TPSA) is 92.7 Å². The third kappa shape index (κ3) is 5.45. The zero-order chi connectivity index (χ0) is 11.8. The summed E-state index contributed by atoms with van der Waals surface area (Å²) in [5.41, 5.74) is 0.569. The molecule has 1 aliphatic rings. The minimum absolute atomic E-state index is 0.231. The summed E-state index contributed by atoms with van der Waals surface area (Å²) in [5.74, 6) is -0.542. The summed E-state index contributed by atoms with van der Waals surface area (Å²) in [5, 5.41) is 9.84. The van der Waals surface area contributed by atoms with Crippen molar-refractivity contribution in [3.8, 4) is 0 Å². The Morgan fingerprint density at radius 1 is 1.47 bits per heavy atom. The third-order valence-corrected chi connectivity index (χ3v) is 1.48. The summed E-state index contributed by atoms with van der Waals surface area (Å²) in [7, 11) is 0. The fourth-order valence-electron chi connectivity index (χ4n) is 0.838. The highest BCUT2D eigenvalue weighted by molar-refractivity contribution is 6.16. The zero-order valence-corrected chi connectivity index (χ0v) is 8.57. The van der Waals surface area contributed by atoms with Gasteiger partial charge in [0.2, 0.25) is 0 Å². The SMILES string of the molecule is CCC1=CC(=O)NC1=O.CCOC(=O)O. The molecule has 0 atom stereocenters. The van der Waals surface area contributed by atoms with E-state index < -0.39 is 6.16 Å². The first kappa shape index (κ1) is 13.2. The molecule has 0 fully saturated rings. The summed E-state index contributed by atoms with van der Waals surface area (Å²) >= 11 is 0. The molecule has 1 heterocycles. The highest BCUT2D eigenvalue weighted by Gasteiger charge is 2.17. The van der Waals surface area contributed by atoms with Gasteiger partial charge >= 0.3 is 6.16 Å². The van der Waals surface area contributed by atoms with Crippen molar-refractivity contribution in [1.29, 1.82) is 0 Å². The van der Waals surface area contributed by atoms with E-state index in [4.69, 9.17) is 5.11 Å². The van der Waals surface area contributed by atoms with Gasteiger partial charge in [-0.3, -0.25) is 14.9 Å². The first-order chi connectivity index (χ1) is 7.01. The second kappa shape index (κ2) is 6.58. The molecular weight excluding hydrogens is 202 g/mol.